The molecule has 0 aliphatic carbocycles. The number of aromatic nitrogens is 1. The molecule has 0 spiro atoms. The highest BCUT2D eigenvalue weighted by atomic mass is 35.5. The first-order valence-electron chi connectivity index (χ1n) is 4.54. The smallest absolute Gasteiger partial charge is 0.138 e. The molecular formula is C11H10ClNOS. The first-order chi connectivity index (χ1) is 7.38. The SMILES string of the molecule is ClCc1ccc(OCc2cccs2)cn1. The predicted octanol–water partition coefficient (Wildman–Crippen LogP) is 3.46. The molecule has 2 aromatic heterocycles. The van der Waals surface area contributed by atoms with Gasteiger partial charge in [0.15, 0.2) is 0 Å². The van der Waals surface area contributed by atoms with Crippen molar-refractivity contribution in [2.45, 2.75) is 12.5 Å². The molecule has 0 aromatic carbocycles. The summed E-state index contributed by atoms with van der Waals surface area (Å²) in [7, 11) is 0. The van der Waals surface area contributed by atoms with E-state index in [0.717, 1.165) is 11.4 Å². The van der Waals surface area contributed by atoms with Crippen LogP contribution in [0.1, 0.15) is 10.6 Å². The molecule has 2 rings (SSSR count). The third-order valence-electron chi connectivity index (χ3n) is 1.90. The van der Waals surface area contributed by atoms with Crippen LogP contribution in [0.15, 0.2) is 35.8 Å². The fraction of sp³-hybridized carbons (Fsp3) is 0.182. The van der Waals surface area contributed by atoms with E-state index in [1.165, 1.54) is 4.88 Å². The summed E-state index contributed by atoms with van der Waals surface area (Å²) in [5.41, 5.74) is 0.861. The van der Waals surface area contributed by atoms with Crippen LogP contribution >= 0.6 is 22.9 Å². The Hall–Kier alpha value is -1.06. The van der Waals surface area contributed by atoms with Crippen molar-refractivity contribution in [3.63, 3.8) is 0 Å². The van der Waals surface area contributed by atoms with E-state index in [2.05, 4.69) is 4.98 Å². The van der Waals surface area contributed by atoms with Crippen LogP contribution in [0, 0.1) is 0 Å². The molecule has 0 atom stereocenters. The van der Waals surface area contributed by atoms with Crippen molar-refractivity contribution in [1.82, 2.24) is 4.98 Å². The average Bonchev–Trinajstić information content (AvgIpc) is 2.80. The van der Waals surface area contributed by atoms with Gasteiger partial charge in [0, 0.05) is 4.88 Å². The van der Waals surface area contributed by atoms with Crippen molar-refractivity contribution in [2.75, 3.05) is 0 Å². The Morgan fingerprint density at radius 1 is 1.33 bits per heavy atom. The van der Waals surface area contributed by atoms with Crippen molar-refractivity contribution in [2.24, 2.45) is 0 Å². The lowest BCUT2D eigenvalue weighted by atomic mass is 10.4. The van der Waals surface area contributed by atoms with Crippen molar-refractivity contribution in [3.05, 3.63) is 46.4 Å². The van der Waals surface area contributed by atoms with Gasteiger partial charge in [0.2, 0.25) is 0 Å². The Morgan fingerprint density at radius 2 is 2.27 bits per heavy atom. The highest BCUT2D eigenvalue weighted by Gasteiger charge is 1.97. The Balaban J connectivity index is 1.93. The van der Waals surface area contributed by atoms with Gasteiger partial charge in [0.25, 0.3) is 0 Å². The summed E-state index contributed by atoms with van der Waals surface area (Å²) in [5.74, 6) is 1.21. The molecule has 4 heteroatoms. The van der Waals surface area contributed by atoms with Gasteiger partial charge in [-0.05, 0) is 23.6 Å². The number of halogens is 1. The lowest BCUT2D eigenvalue weighted by Crippen LogP contribution is -1.94. The predicted molar refractivity (Wildman–Crippen MR) is 62.4 cm³/mol. The molecular weight excluding hydrogens is 230 g/mol. The lowest BCUT2D eigenvalue weighted by Gasteiger charge is -2.04. The molecule has 0 N–H and O–H groups in total. The summed E-state index contributed by atoms with van der Waals surface area (Å²) in [6.07, 6.45) is 1.70. The zero-order valence-electron chi connectivity index (χ0n) is 8.02. The quantitative estimate of drug-likeness (QED) is 0.763. The summed E-state index contributed by atoms with van der Waals surface area (Å²) >= 11 is 7.32. The largest absolute Gasteiger partial charge is 0.486 e. The molecule has 2 heterocycles. The maximum absolute atomic E-state index is 5.64. The first-order valence-corrected chi connectivity index (χ1v) is 5.96. The van der Waals surface area contributed by atoms with Crippen molar-refractivity contribution < 1.29 is 4.74 Å². The summed E-state index contributed by atoms with van der Waals surface area (Å²) in [5, 5.41) is 2.04. The van der Waals surface area contributed by atoms with Crippen LogP contribution in [0.3, 0.4) is 0 Å². The Morgan fingerprint density at radius 3 is 2.87 bits per heavy atom. The minimum atomic E-state index is 0.436. The average molecular weight is 240 g/mol. The first kappa shape index (κ1) is 10.5. The summed E-state index contributed by atoms with van der Waals surface area (Å²) in [6, 6.07) is 7.82. The number of pyridine rings is 1. The Kier molecular flexibility index (Phi) is 3.59. The van der Waals surface area contributed by atoms with Crippen LogP contribution in [0.2, 0.25) is 0 Å². The third kappa shape index (κ3) is 2.94. The molecule has 0 saturated heterocycles. The van der Waals surface area contributed by atoms with E-state index >= 15 is 0 Å². The van der Waals surface area contributed by atoms with Gasteiger partial charge in [-0.15, -0.1) is 22.9 Å². The summed E-state index contributed by atoms with van der Waals surface area (Å²) in [4.78, 5) is 5.35. The molecule has 0 unspecified atom stereocenters. The molecule has 0 radical (unpaired) electrons. The monoisotopic (exact) mass is 239 g/mol. The summed E-state index contributed by atoms with van der Waals surface area (Å²) < 4.78 is 5.55. The van der Waals surface area contributed by atoms with Gasteiger partial charge in [-0.2, -0.15) is 0 Å². The van der Waals surface area contributed by atoms with Gasteiger partial charge in [-0.3, -0.25) is 4.98 Å². The van der Waals surface area contributed by atoms with Gasteiger partial charge in [0.05, 0.1) is 17.8 Å². The van der Waals surface area contributed by atoms with E-state index in [4.69, 9.17) is 16.3 Å². The van der Waals surface area contributed by atoms with Crippen LogP contribution in [0.25, 0.3) is 0 Å². The fourth-order valence-corrected chi connectivity index (χ4v) is 1.90. The normalized spacial score (nSPS) is 10.2. The second kappa shape index (κ2) is 5.14. The van der Waals surface area contributed by atoms with Crippen LogP contribution in [0.5, 0.6) is 5.75 Å². The fourth-order valence-electron chi connectivity index (χ4n) is 1.12. The van der Waals surface area contributed by atoms with E-state index < -0.39 is 0 Å². The molecule has 78 valence electrons. The number of hydrogen-bond acceptors (Lipinski definition) is 3. The minimum Gasteiger partial charge on any atom is -0.486 e. The van der Waals surface area contributed by atoms with Crippen LogP contribution in [0.4, 0.5) is 0 Å². The molecule has 2 aromatic rings. The van der Waals surface area contributed by atoms with E-state index in [1.54, 1.807) is 17.5 Å². The van der Waals surface area contributed by atoms with Crippen LogP contribution in [-0.2, 0) is 12.5 Å². The molecule has 0 aliphatic rings. The van der Waals surface area contributed by atoms with Crippen molar-refractivity contribution in [1.29, 1.82) is 0 Å². The topological polar surface area (TPSA) is 22.1 Å². The Labute approximate surface area is 97.5 Å². The van der Waals surface area contributed by atoms with Gasteiger partial charge < -0.3 is 4.74 Å². The zero-order chi connectivity index (χ0) is 10.5. The van der Waals surface area contributed by atoms with Crippen LogP contribution in [-0.4, -0.2) is 4.98 Å². The molecule has 0 bridgehead atoms. The van der Waals surface area contributed by atoms with Crippen molar-refractivity contribution in [3.8, 4) is 5.75 Å². The van der Waals surface area contributed by atoms with E-state index in [1.807, 2.05) is 29.6 Å². The molecule has 2 nitrogen and oxygen atoms in total. The number of alkyl halides is 1. The van der Waals surface area contributed by atoms with E-state index in [9.17, 15) is 0 Å². The lowest BCUT2D eigenvalue weighted by molar-refractivity contribution is 0.308. The Bertz CT molecular complexity index is 399. The molecule has 0 aliphatic heterocycles. The number of thiophene rings is 1. The highest BCUT2D eigenvalue weighted by molar-refractivity contribution is 7.09. The second-order valence-corrected chi connectivity index (χ2v) is 4.29. The second-order valence-electron chi connectivity index (χ2n) is 2.99. The number of rotatable bonds is 4. The van der Waals surface area contributed by atoms with Gasteiger partial charge in [0.1, 0.15) is 12.4 Å². The van der Waals surface area contributed by atoms with Gasteiger partial charge in [-0.25, -0.2) is 0 Å². The maximum Gasteiger partial charge on any atom is 0.138 e. The highest BCUT2D eigenvalue weighted by Crippen LogP contribution is 2.15. The van der Waals surface area contributed by atoms with E-state index in [-0.39, 0.29) is 0 Å². The molecule has 0 amide bonds. The standard InChI is InChI=1S/C11H10ClNOS/c12-6-9-3-4-10(7-13-9)14-8-11-2-1-5-15-11/h1-5,7H,6,8H2. The van der Waals surface area contributed by atoms with Gasteiger partial charge in [-0.1, -0.05) is 6.07 Å². The number of nitrogens with zero attached hydrogens (tertiary/aromatic N) is 1. The number of ether oxygens (including phenoxy) is 1. The third-order valence-corrected chi connectivity index (χ3v) is 3.02. The minimum absolute atomic E-state index is 0.436. The molecule has 0 saturated carbocycles. The van der Waals surface area contributed by atoms with Crippen LogP contribution < -0.4 is 4.74 Å². The zero-order valence-corrected chi connectivity index (χ0v) is 9.59. The molecule has 0 fully saturated rings. The maximum atomic E-state index is 5.64. The summed E-state index contributed by atoms with van der Waals surface area (Å²) in [6.45, 7) is 0.597. The van der Waals surface area contributed by atoms with Crippen molar-refractivity contribution >= 4 is 22.9 Å². The molecule has 15 heavy (non-hydrogen) atoms. The van der Waals surface area contributed by atoms with E-state index in [0.29, 0.717) is 12.5 Å². The number of hydrogen-bond donors (Lipinski definition) is 0. The van der Waals surface area contributed by atoms with Gasteiger partial charge >= 0.3 is 0 Å².